The Morgan fingerprint density at radius 1 is 1.47 bits per heavy atom. The Bertz CT molecular complexity index is 581. The summed E-state index contributed by atoms with van der Waals surface area (Å²) < 4.78 is 0. The van der Waals surface area contributed by atoms with Crippen molar-refractivity contribution in [3.05, 3.63) is 22.6 Å². The third kappa shape index (κ3) is 2.58. The summed E-state index contributed by atoms with van der Waals surface area (Å²) in [6.07, 6.45) is 3.76. The second kappa shape index (κ2) is 5.18. The molecule has 0 aromatic carbocycles. The highest BCUT2D eigenvalue weighted by atomic mass is 32.2. The molecule has 0 spiro atoms. The lowest BCUT2D eigenvalue weighted by molar-refractivity contribution is 0.895. The smallest absolute Gasteiger partial charge is 0.260 e. The van der Waals surface area contributed by atoms with E-state index in [9.17, 15) is 4.79 Å². The number of nitrogens with zero attached hydrogens (tertiary/aromatic N) is 2. The van der Waals surface area contributed by atoms with Gasteiger partial charge in [-0.05, 0) is 18.2 Å². The van der Waals surface area contributed by atoms with Crippen molar-refractivity contribution < 1.29 is 0 Å². The van der Waals surface area contributed by atoms with Crippen molar-refractivity contribution in [3.63, 3.8) is 0 Å². The van der Waals surface area contributed by atoms with Crippen LogP contribution in [0.4, 0.5) is 5.95 Å². The number of aromatic nitrogens is 3. The number of thioether (sulfide) groups is 1. The molecule has 0 saturated heterocycles. The van der Waals surface area contributed by atoms with Gasteiger partial charge in [0, 0.05) is 6.20 Å². The average Bonchev–Trinajstić information content (AvgIpc) is 2.28. The van der Waals surface area contributed by atoms with Crippen LogP contribution in [0, 0.1) is 0 Å². The molecule has 5 nitrogen and oxygen atoms in total. The van der Waals surface area contributed by atoms with Gasteiger partial charge in [0.2, 0.25) is 5.95 Å². The Hall–Kier alpha value is -1.56. The number of nitrogen functional groups attached to an aromatic ring is 1. The second-order valence-electron chi connectivity index (χ2n) is 3.66. The van der Waals surface area contributed by atoms with Crippen LogP contribution in [0.2, 0.25) is 0 Å². The van der Waals surface area contributed by atoms with E-state index in [0.717, 1.165) is 18.6 Å². The fourth-order valence-corrected chi connectivity index (χ4v) is 2.62. The number of fused-ring (bicyclic) bond motifs is 1. The molecule has 0 aliphatic heterocycles. The Balaban J connectivity index is 2.49. The molecule has 0 aliphatic rings. The molecule has 0 saturated carbocycles. The van der Waals surface area contributed by atoms with Crippen LogP contribution in [0.15, 0.2) is 22.1 Å². The van der Waals surface area contributed by atoms with Gasteiger partial charge in [0.1, 0.15) is 5.03 Å². The predicted octanol–water partition coefficient (Wildman–Crippen LogP) is 1.79. The van der Waals surface area contributed by atoms with E-state index in [-0.39, 0.29) is 11.5 Å². The Morgan fingerprint density at radius 2 is 2.29 bits per heavy atom. The monoisotopic (exact) mass is 250 g/mol. The zero-order valence-electron chi connectivity index (χ0n) is 9.56. The molecular weight excluding hydrogens is 236 g/mol. The van der Waals surface area contributed by atoms with Gasteiger partial charge in [-0.3, -0.25) is 4.79 Å². The minimum absolute atomic E-state index is 0.165. The third-order valence-corrected chi connectivity index (χ3v) is 3.40. The van der Waals surface area contributed by atoms with Crippen LogP contribution in [0.3, 0.4) is 0 Å². The fourth-order valence-electron chi connectivity index (χ4n) is 1.49. The van der Waals surface area contributed by atoms with Gasteiger partial charge in [-0.2, -0.15) is 0 Å². The highest BCUT2D eigenvalue weighted by Crippen LogP contribution is 2.23. The quantitative estimate of drug-likeness (QED) is 0.491. The summed E-state index contributed by atoms with van der Waals surface area (Å²) in [5.74, 6) is 1.14. The van der Waals surface area contributed by atoms with Crippen LogP contribution in [-0.2, 0) is 0 Å². The Morgan fingerprint density at radius 3 is 3.06 bits per heavy atom. The summed E-state index contributed by atoms with van der Waals surface area (Å²) in [6, 6.07) is 1.73. The molecule has 0 atom stereocenters. The van der Waals surface area contributed by atoms with Crippen LogP contribution in [0.25, 0.3) is 10.9 Å². The molecule has 2 aromatic rings. The van der Waals surface area contributed by atoms with Crippen LogP contribution >= 0.6 is 11.8 Å². The maximum atomic E-state index is 11.8. The second-order valence-corrected chi connectivity index (χ2v) is 4.74. The number of hydrogen-bond acceptors (Lipinski definition) is 5. The van der Waals surface area contributed by atoms with E-state index >= 15 is 0 Å². The van der Waals surface area contributed by atoms with Crippen LogP contribution in [-0.4, -0.2) is 20.7 Å². The molecule has 0 fully saturated rings. The maximum Gasteiger partial charge on any atom is 0.260 e. The third-order valence-electron chi connectivity index (χ3n) is 2.34. The number of H-pyrrole nitrogens is 1. The van der Waals surface area contributed by atoms with Crippen molar-refractivity contribution in [1.29, 1.82) is 0 Å². The topological polar surface area (TPSA) is 84.7 Å². The van der Waals surface area contributed by atoms with Gasteiger partial charge in [0.25, 0.3) is 5.56 Å². The number of nitrogens with one attached hydrogen (secondary N) is 1. The van der Waals surface area contributed by atoms with E-state index < -0.39 is 0 Å². The number of nitrogens with two attached hydrogens (primary N) is 1. The molecule has 0 unspecified atom stereocenters. The number of aromatic amines is 1. The number of rotatable bonds is 4. The minimum Gasteiger partial charge on any atom is -0.368 e. The molecular formula is C11H14N4OS. The summed E-state index contributed by atoms with van der Waals surface area (Å²) >= 11 is 1.55. The molecule has 0 bridgehead atoms. The van der Waals surface area contributed by atoms with E-state index in [1.54, 1.807) is 24.0 Å². The zero-order valence-corrected chi connectivity index (χ0v) is 10.4. The average molecular weight is 250 g/mol. The molecule has 90 valence electrons. The number of anilines is 1. The van der Waals surface area contributed by atoms with Crippen LogP contribution in [0.5, 0.6) is 0 Å². The first-order valence-electron chi connectivity index (χ1n) is 5.50. The first kappa shape index (κ1) is 11.9. The molecule has 3 N–H and O–H groups in total. The lowest BCUT2D eigenvalue weighted by Crippen LogP contribution is -2.09. The summed E-state index contributed by atoms with van der Waals surface area (Å²) in [5, 5.41) is 1.20. The van der Waals surface area contributed by atoms with Crippen molar-refractivity contribution in [2.75, 3.05) is 11.5 Å². The van der Waals surface area contributed by atoms with Crippen molar-refractivity contribution in [3.8, 4) is 0 Å². The SMILES string of the molecule is CCCCSc1nc(N)nc2cc[nH]c(=O)c12. The van der Waals surface area contributed by atoms with Crippen molar-refractivity contribution >= 4 is 28.6 Å². The van der Waals surface area contributed by atoms with Crippen LogP contribution in [0.1, 0.15) is 19.8 Å². The first-order chi connectivity index (χ1) is 8.22. The predicted molar refractivity (Wildman–Crippen MR) is 70.2 cm³/mol. The zero-order chi connectivity index (χ0) is 12.3. The summed E-state index contributed by atoms with van der Waals surface area (Å²) in [5.41, 5.74) is 6.06. The number of hydrogen-bond donors (Lipinski definition) is 2. The van der Waals surface area contributed by atoms with E-state index in [2.05, 4.69) is 21.9 Å². The lowest BCUT2D eigenvalue weighted by Gasteiger charge is -2.04. The molecule has 2 rings (SSSR count). The van der Waals surface area contributed by atoms with E-state index in [4.69, 9.17) is 5.73 Å². The maximum absolute atomic E-state index is 11.8. The van der Waals surface area contributed by atoms with Crippen molar-refractivity contribution in [1.82, 2.24) is 15.0 Å². The highest BCUT2D eigenvalue weighted by Gasteiger charge is 2.09. The van der Waals surface area contributed by atoms with Crippen molar-refractivity contribution in [2.45, 2.75) is 24.8 Å². The normalized spacial score (nSPS) is 10.9. The van der Waals surface area contributed by atoms with Gasteiger partial charge in [0.05, 0.1) is 10.9 Å². The summed E-state index contributed by atoms with van der Waals surface area (Å²) in [6.45, 7) is 2.12. The number of pyridine rings is 1. The minimum atomic E-state index is -0.165. The van der Waals surface area contributed by atoms with E-state index in [0.29, 0.717) is 15.9 Å². The first-order valence-corrected chi connectivity index (χ1v) is 6.48. The molecule has 0 amide bonds. The molecule has 2 aromatic heterocycles. The Labute approximate surface area is 103 Å². The molecule has 2 heterocycles. The van der Waals surface area contributed by atoms with Crippen LogP contribution < -0.4 is 11.3 Å². The lowest BCUT2D eigenvalue weighted by atomic mass is 10.3. The molecule has 6 heteroatoms. The molecule has 17 heavy (non-hydrogen) atoms. The fraction of sp³-hybridized carbons (Fsp3) is 0.364. The van der Waals surface area contributed by atoms with Crippen molar-refractivity contribution in [2.24, 2.45) is 0 Å². The highest BCUT2D eigenvalue weighted by molar-refractivity contribution is 7.99. The van der Waals surface area contributed by atoms with Gasteiger partial charge >= 0.3 is 0 Å². The van der Waals surface area contributed by atoms with E-state index in [1.165, 1.54) is 0 Å². The van der Waals surface area contributed by atoms with Gasteiger partial charge in [-0.25, -0.2) is 9.97 Å². The Kier molecular flexibility index (Phi) is 3.63. The van der Waals surface area contributed by atoms with Gasteiger partial charge in [-0.15, -0.1) is 11.8 Å². The van der Waals surface area contributed by atoms with Gasteiger partial charge in [0.15, 0.2) is 0 Å². The van der Waals surface area contributed by atoms with E-state index in [1.807, 2.05) is 0 Å². The summed E-state index contributed by atoms with van der Waals surface area (Å²) in [7, 11) is 0. The standard InChI is InChI=1S/C11H14N4OS/c1-2-3-6-17-10-8-7(14-11(12)15-10)4-5-13-9(8)16/h4-5H,2-3,6H2,1H3,(H,13,16)(H2,12,14,15). The molecule has 0 aliphatic carbocycles. The number of unbranched alkanes of at least 4 members (excludes halogenated alkanes) is 1. The summed E-state index contributed by atoms with van der Waals surface area (Å²) in [4.78, 5) is 22.6. The van der Waals surface area contributed by atoms with Gasteiger partial charge < -0.3 is 10.7 Å². The van der Waals surface area contributed by atoms with Gasteiger partial charge in [-0.1, -0.05) is 13.3 Å². The molecule has 0 radical (unpaired) electrons. The largest absolute Gasteiger partial charge is 0.368 e.